The maximum absolute atomic E-state index is 11.6. The Bertz CT molecular complexity index is 474. The zero-order valence-electron chi connectivity index (χ0n) is 10.8. The molecule has 7 heteroatoms. The minimum Gasteiger partial charge on any atom is -0.506 e. The topological polar surface area (TPSA) is 104 Å². The number of aromatic hydroxyl groups is 1. The number of phenolic OH excluding ortho intramolecular Hbond substituents is 1. The molecule has 0 atom stereocenters. The molecule has 7 nitrogen and oxygen atoms in total. The van der Waals surface area contributed by atoms with E-state index in [0.717, 1.165) is 6.07 Å². The van der Waals surface area contributed by atoms with Gasteiger partial charge in [-0.2, -0.15) is 0 Å². The largest absolute Gasteiger partial charge is 0.506 e. The van der Waals surface area contributed by atoms with Crippen LogP contribution in [0.2, 0.25) is 0 Å². The van der Waals surface area contributed by atoms with Crippen molar-refractivity contribution in [2.75, 3.05) is 11.9 Å². The Morgan fingerprint density at radius 2 is 2.16 bits per heavy atom. The van der Waals surface area contributed by atoms with Gasteiger partial charge in [0.25, 0.3) is 5.69 Å². The van der Waals surface area contributed by atoms with Gasteiger partial charge in [0.05, 0.1) is 16.7 Å². The lowest BCUT2D eigenvalue weighted by molar-refractivity contribution is -0.384. The van der Waals surface area contributed by atoms with Crippen LogP contribution in [0.15, 0.2) is 18.2 Å². The van der Waals surface area contributed by atoms with Gasteiger partial charge in [-0.15, -0.1) is 0 Å². The SMILES string of the molecule is CC(C)NCCC(=O)Nc1ccc([N+](=O)[O-])cc1O. The van der Waals surface area contributed by atoms with Gasteiger partial charge >= 0.3 is 0 Å². The maximum atomic E-state index is 11.6. The molecule has 0 spiro atoms. The van der Waals surface area contributed by atoms with Crippen LogP contribution in [0, 0.1) is 10.1 Å². The number of nitro groups is 1. The van der Waals surface area contributed by atoms with Gasteiger partial charge in [0.2, 0.25) is 5.91 Å². The molecule has 0 fully saturated rings. The van der Waals surface area contributed by atoms with Crippen LogP contribution in [-0.2, 0) is 4.79 Å². The minimum atomic E-state index is -0.613. The Labute approximate surface area is 110 Å². The highest BCUT2D eigenvalue weighted by molar-refractivity contribution is 5.92. The summed E-state index contributed by atoms with van der Waals surface area (Å²) in [7, 11) is 0. The Morgan fingerprint density at radius 1 is 1.47 bits per heavy atom. The third kappa shape index (κ3) is 4.92. The first kappa shape index (κ1) is 14.9. The number of non-ortho nitro benzene ring substituents is 1. The van der Waals surface area contributed by atoms with E-state index in [1.165, 1.54) is 12.1 Å². The Morgan fingerprint density at radius 3 is 2.68 bits per heavy atom. The molecule has 0 aliphatic rings. The fourth-order valence-corrected chi connectivity index (χ4v) is 1.43. The second-order valence-corrected chi connectivity index (χ2v) is 4.37. The zero-order valence-corrected chi connectivity index (χ0v) is 10.8. The number of phenols is 1. The molecule has 1 aromatic carbocycles. The number of carbonyl (C=O) groups excluding carboxylic acids is 1. The highest BCUT2D eigenvalue weighted by Gasteiger charge is 2.11. The van der Waals surface area contributed by atoms with Crippen molar-refractivity contribution in [2.24, 2.45) is 0 Å². The molecule has 19 heavy (non-hydrogen) atoms. The molecule has 0 saturated carbocycles. The van der Waals surface area contributed by atoms with Crippen LogP contribution in [0.5, 0.6) is 5.75 Å². The van der Waals surface area contributed by atoms with Crippen molar-refractivity contribution < 1.29 is 14.8 Å². The van der Waals surface area contributed by atoms with E-state index in [-0.39, 0.29) is 29.5 Å². The number of nitrogens with zero attached hydrogens (tertiary/aromatic N) is 1. The van der Waals surface area contributed by atoms with Crippen LogP contribution in [0.3, 0.4) is 0 Å². The minimum absolute atomic E-state index is 0.167. The van der Waals surface area contributed by atoms with Crippen LogP contribution in [0.1, 0.15) is 20.3 Å². The van der Waals surface area contributed by atoms with Crippen molar-refractivity contribution >= 4 is 17.3 Å². The summed E-state index contributed by atoms with van der Waals surface area (Å²) < 4.78 is 0. The van der Waals surface area contributed by atoms with Crippen molar-refractivity contribution in [3.8, 4) is 5.75 Å². The van der Waals surface area contributed by atoms with Crippen molar-refractivity contribution in [2.45, 2.75) is 26.3 Å². The predicted octanol–water partition coefficient (Wildman–Crippen LogP) is 1.63. The van der Waals surface area contributed by atoms with Crippen molar-refractivity contribution in [3.63, 3.8) is 0 Å². The van der Waals surface area contributed by atoms with E-state index in [2.05, 4.69) is 10.6 Å². The van der Waals surface area contributed by atoms with Gasteiger partial charge in [-0.25, -0.2) is 0 Å². The number of nitro benzene ring substituents is 1. The van der Waals surface area contributed by atoms with Crippen molar-refractivity contribution in [1.29, 1.82) is 0 Å². The molecule has 0 unspecified atom stereocenters. The van der Waals surface area contributed by atoms with Gasteiger partial charge < -0.3 is 15.7 Å². The summed E-state index contributed by atoms with van der Waals surface area (Å²) in [5, 5.41) is 25.6. The molecule has 0 radical (unpaired) electrons. The van der Waals surface area contributed by atoms with Crippen LogP contribution in [-0.4, -0.2) is 28.5 Å². The molecule has 3 N–H and O–H groups in total. The second kappa shape index (κ2) is 6.69. The molecular formula is C12H17N3O4. The van der Waals surface area contributed by atoms with Gasteiger partial charge in [0.1, 0.15) is 5.75 Å². The second-order valence-electron chi connectivity index (χ2n) is 4.37. The van der Waals surface area contributed by atoms with E-state index in [9.17, 15) is 20.0 Å². The lowest BCUT2D eigenvalue weighted by atomic mass is 10.2. The van der Waals surface area contributed by atoms with E-state index < -0.39 is 4.92 Å². The monoisotopic (exact) mass is 267 g/mol. The highest BCUT2D eigenvalue weighted by atomic mass is 16.6. The lowest BCUT2D eigenvalue weighted by Gasteiger charge is -2.09. The first-order chi connectivity index (χ1) is 8.90. The molecule has 1 rings (SSSR count). The first-order valence-corrected chi connectivity index (χ1v) is 5.91. The van der Waals surface area contributed by atoms with Crippen molar-refractivity contribution in [1.82, 2.24) is 5.32 Å². The molecule has 0 bridgehead atoms. The molecule has 0 heterocycles. The summed E-state index contributed by atoms with van der Waals surface area (Å²) in [5.74, 6) is -0.586. The van der Waals surface area contributed by atoms with Gasteiger partial charge in [-0.1, -0.05) is 13.8 Å². The summed E-state index contributed by atoms with van der Waals surface area (Å²) in [6, 6.07) is 3.82. The highest BCUT2D eigenvalue weighted by Crippen LogP contribution is 2.27. The molecule has 1 amide bonds. The maximum Gasteiger partial charge on any atom is 0.273 e. The molecule has 0 aliphatic heterocycles. The predicted molar refractivity (Wildman–Crippen MR) is 71.1 cm³/mol. The zero-order chi connectivity index (χ0) is 14.4. The smallest absolute Gasteiger partial charge is 0.273 e. The number of anilines is 1. The Kier molecular flexibility index (Phi) is 5.25. The summed E-state index contributed by atoms with van der Waals surface area (Å²) in [6.07, 6.45) is 0.259. The third-order valence-corrected chi connectivity index (χ3v) is 2.37. The van der Waals surface area contributed by atoms with E-state index in [0.29, 0.717) is 12.6 Å². The van der Waals surface area contributed by atoms with Crippen LogP contribution >= 0.6 is 0 Å². The molecule has 0 saturated heterocycles. The van der Waals surface area contributed by atoms with E-state index >= 15 is 0 Å². The normalized spacial score (nSPS) is 10.5. The van der Waals surface area contributed by atoms with E-state index in [4.69, 9.17) is 0 Å². The fraction of sp³-hybridized carbons (Fsp3) is 0.417. The number of hydrogen-bond donors (Lipinski definition) is 3. The Hall–Kier alpha value is -2.15. The first-order valence-electron chi connectivity index (χ1n) is 5.91. The van der Waals surface area contributed by atoms with Crippen LogP contribution < -0.4 is 10.6 Å². The summed E-state index contributed by atoms with van der Waals surface area (Å²) in [6.45, 7) is 4.47. The van der Waals surface area contributed by atoms with Gasteiger partial charge in [0.15, 0.2) is 0 Å². The fourth-order valence-electron chi connectivity index (χ4n) is 1.43. The van der Waals surface area contributed by atoms with Crippen LogP contribution in [0.4, 0.5) is 11.4 Å². The number of benzene rings is 1. The average Bonchev–Trinajstić information content (AvgIpc) is 2.31. The standard InChI is InChI=1S/C12H17N3O4/c1-8(2)13-6-5-12(17)14-10-4-3-9(15(18)19)7-11(10)16/h3-4,7-8,13,16H,5-6H2,1-2H3,(H,14,17). The third-order valence-electron chi connectivity index (χ3n) is 2.37. The number of hydrogen-bond acceptors (Lipinski definition) is 5. The summed E-state index contributed by atoms with van der Waals surface area (Å²) in [4.78, 5) is 21.4. The molecule has 0 aliphatic carbocycles. The van der Waals surface area contributed by atoms with Gasteiger partial charge in [0, 0.05) is 25.1 Å². The lowest BCUT2D eigenvalue weighted by Crippen LogP contribution is -2.27. The van der Waals surface area contributed by atoms with Gasteiger partial charge in [-0.05, 0) is 6.07 Å². The quantitative estimate of drug-likeness (QED) is 0.413. The van der Waals surface area contributed by atoms with E-state index in [1.54, 1.807) is 0 Å². The summed E-state index contributed by atoms with van der Waals surface area (Å²) in [5.41, 5.74) is -0.0582. The molecule has 1 aromatic rings. The van der Waals surface area contributed by atoms with Crippen LogP contribution in [0.25, 0.3) is 0 Å². The number of nitrogens with one attached hydrogen (secondary N) is 2. The molecule has 0 aromatic heterocycles. The average molecular weight is 267 g/mol. The number of amides is 1. The van der Waals surface area contributed by atoms with E-state index in [1.807, 2.05) is 13.8 Å². The summed E-state index contributed by atoms with van der Waals surface area (Å²) >= 11 is 0. The molecule has 104 valence electrons. The van der Waals surface area contributed by atoms with Gasteiger partial charge in [-0.3, -0.25) is 14.9 Å². The molecular weight excluding hydrogens is 250 g/mol. The number of carbonyl (C=O) groups is 1. The Balaban J connectivity index is 2.57. The van der Waals surface area contributed by atoms with Crippen molar-refractivity contribution in [3.05, 3.63) is 28.3 Å². The number of rotatable bonds is 6.